The van der Waals surface area contributed by atoms with E-state index in [-0.39, 0.29) is 58.9 Å². The van der Waals surface area contributed by atoms with E-state index in [0.717, 1.165) is 0 Å². The molecule has 2 aromatic carbocycles. The number of hydrogen-bond donors (Lipinski definition) is 6. The van der Waals surface area contributed by atoms with Crippen LogP contribution in [0.1, 0.15) is 82.2 Å². The number of rotatable bonds is 9. The Morgan fingerprint density at radius 2 is 1.80 bits per heavy atom. The summed E-state index contributed by atoms with van der Waals surface area (Å²) in [6.45, 7) is 2.90. The maximum Gasteiger partial charge on any atom is 0.202 e. The van der Waals surface area contributed by atoms with Crippen LogP contribution in [0.5, 0.6) is 17.2 Å². The van der Waals surface area contributed by atoms with Gasteiger partial charge in [-0.05, 0) is 18.4 Å². The number of aliphatic hydroxyl groups is 4. The molecule has 40 heavy (non-hydrogen) atoms. The quantitative estimate of drug-likeness (QED) is 0.129. The van der Waals surface area contributed by atoms with Crippen molar-refractivity contribution in [3.8, 4) is 17.2 Å². The van der Waals surface area contributed by atoms with Crippen molar-refractivity contribution in [2.24, 2.45) is 10.9 Å². The van der Waals surface area contributed by atoms with Gasteiger partial charge in [0.05, 0.1) is 48.3 Å². The third-order valence-corrected chi connectivity index (χ3v) is 8.00. The molecule has 0 saturated heterocycles. The Labute approximate surface area is 231 Å². The molecule has 5 unspecified atom stereocenters. The summed E-state index contributed by atoms with van der Waals surface area (Å²) >= 11 is 0. The van der Waals surface area contributed by atoms with Crippen LogP contribution in [-0.4, -0.2) is 86.7 Å². The van der Waals surface area contributed by atoms with E-state index in [1.807, 2.05) is 0 Å². The second kappa shape index (κ2) is 11.3. The fourth-order valence-corrected chi connectivity index (χ4v) is 5.80. The van der Waals surface area contributed by atoms with Gasteiger partial charge in [0, 0.05) is 43.0 Å². The minimum Gasteiger partial charge on any atom is -0.507 e. The molecule has 4 rings (SSSR count). The Morgan fingerprint density at radius 1 is 1.12 bits per heavy atom. The number of nitrogens with zero attached hydrogens (tertiary/aromatic N) is 1. The zero-order valence-electron chi connectivity index (χ0n) is 22.8. The van der Waals surface area contributed by atoms with Gasteiger partial charge >= 0.3 is 0 Å². The summed E-state index contributed by atoms with van der Waals surface area (Å²) < 4.78 is 11.2. The zero-order chi connectivity index (χ0) is 29.5. The average Bonchev–Trinajstić information content (AvgIpc) is 2.92. The van der Waals surface area contributed by atoms with Gasteiger partial charge in [-0.1, -0.05) is 26.0 Å². The van der Waals surface area contributed by atoms with Crippen molar-refractivity contribution in [2.45, 2.75) is 63.6 Å². The Bertz CT molecular complexity index is 1370. The summed E-state index contributed by atoms with van der Waals surface area (Å²) in [5, 5.41) is 65.3. The molecule has 11 nitrogen and oxygen atoms in total. The van der Waals surface area contributed by atoms with Crippen LogP contribution < -0.4 is 4.74 Å². The monoisotopic (exact) mass is 557 g/mol. The number of benzene rings is 2. The molecule has 2 aliphatic carbocycles. The number of hydrogen-bond acceptors (Lipinski definition) is 11. The van der Waals surface area contributed by atoms with Crippen LogP contribution in [-0.2, 0) is 11.2 Å². The lowest BCUT2D eigenvalue weighted by atomic mass is 9.71. The maximum atomic E-state index is 13.7. The van der Waals surface area contributed by atoms with Crippen LogP contribution in [0.4, 0.5) is 0 Å². The van der Waals surface area contributed by atoms with Crippen LogP contribution in [0.15, 0.2) is 23.2 Å². The first-order chi connectivity index (χ1) is 18.9. The third-order valence-electron chi connectivity index (χ3n) is 8.00. The van der Waals surface area contributed by atoms with Crippen molar-refractivity contribution in [2.75, 3.05) is 20.8 Å². The van der Waals surface area contributed by atoms with Gasteiger partial charge in [-0.2, -0.15) is 0 Å². The highest BCUT2D eigenvalue weighted by Crippen LogP contribution is 2.52. The SMILES string of the molecule is CCC(O)C(C)CC(O)OC1CC(O)(C(CO)=NC)Cc2c(O)c3c(c(O)c21)C(=O)c1c(OC)cccc1C3=O. The van der Waals surface area contributed by atoms with E-state index < -0.39 is 64.9 Å². The summed E-state index contributed by atoms with van der Waals surface area (Å²) in [4.78, 5) is 31.2. The number of aliphatic hydroxyl groups excluding tert-OH is 3. The van der Waals surface area contributed by atoms with Gasteiger partial charge in [-0.3, -0.25) is 14.6 Å². The molecule has 0 heterocycles. The van der Waals surface area contributed by atoms with E-state index in [9.17, 15) is 40.2 Å². The standard InChI is InChI=1S/C29H35NO10/c1-5-16(32)13(2)9-20(33)40-18-11-29(38,19(12-31)30-3)10-15-22(18)28(37)24-23(26(15)35)25(34)14-7-6-8-17(39-4)21(14)27(24)36/h6-8,13,16,18,20,31-33,35,37-38H,5,9-12H2,1-4H3. The van der Waals surface area contributed by atoms with Crippen LogP contribution in [0, 0.1) is 5.92 Å². The molecule has 2 aromatic rings. The van der Waals surface area contributed by atoms with E-state index in [4.69, 9.17) is 9.47 Å². The predicted octanol–water partition coefficient (Wildman–Crippen LogP) is 1.80. The van der Waals surface area contributed by atoms with Crippen molar-refractivity contribution in [1.82, 2.24) is 0 Å². The summed E-state index contributed by atoms with van der Waals surface area (Å²) in [5.74, 6) is -2.97. The molecule has 0 aliphatic heterocycles. The van der Waals surface area contributed by atoms with E-state index in [1.54, 1.807) is 13.8 Å². The number of aliphatic imine (C=N–C) groups is 1. The Balaban J connectivity index is 1.90. The van der Waals surface area contributed by atoms with Crippen LogP contribution in [0.3, 0.4) is 0 Å². The van der Waals surface area contributed by atoms with Crippen molar-refractivity contribution in [1.29, 1.82) is 0 Å². The fourth-order valence-electron chi connectivity index (χ4n) is 5.80. The highest BCUT2D eigenvalue weighted by atomic mass is 16.6. The third kappa shape index (κ3) is 4.77. The minimum absolute atomic E-state index is 0.00761. The lowest BCUT2D eigenvalue weighted by Crippen LogP contribution is -2.48. The first-order valence-corrected chi connectivity index (χ1v) is 13.1. The molecule has 11 heteroatoms. The molecule has 216 valence electrons. The molecular weight excluding hydrogens is 522 g/mol. The topological polar surface area (TPSA) is 186 Å². The maximum absolute atomic E-state index is 13.7. The van der Waals surface area contributed by atoms with Crippen molar-refractivity contribution in [3.05, 3.63) is 51.6 Å². The van der Waals surface area contributed by atoms with Gasteiger partial charge in [-0.25, -0.2) is 0 Å². The van der Waals surface area contributed by atoms with Gasteiger partial charge in [0.15, 0.2) is 12.1 Å². The molecule has 0 amide bonds. The summed E-state index contributed by atoms with van der Waals surface area (Å²) in [7, 11) is 2.71. The van der Waals surface area contributed by atoms with E-state index in [0.29, 0.717) is 6.42 Å². The number of phenols is 2. The molecule has 2 aliphatic rings. The zero-order valence-corrected chi connectivity index (χ0v) is 22.8. The molecule has 0 spiro atoms. The summed E-state index contributed by atoms with van der Waals surface area (Å²) in [6, 6.07) is 4.43. The Kier molecular flexibility index (Phi) is 8.34. The number of ether oxygens (including phenoxy) is 2. The fraction of sp³-hybridized carbons (Fsp3) is 0.483. The van der Waals surface area contributed by atoms with Gasteiger partial charge in [0.2, 0.25) is 5.78 Å². The first-order valence-electron chi connectivity index (χ1n) is 13.1. The molecule has 6 N–H and O–H groups in total. The molecule has 0 aromatic heterocycles. The normalized spacial score (nSPS) is 22.7. The van der Waals surface area contributed by atoms with Gasteiger partial charge in [0.25, 0.3) is 0 Å². The van der Waals surface area contributed by atoms with Crippen LogP contribution in [0.2, 0.25) is 0 Å². The molecule has 0 radical (unpaired) electrons. The molecule has 0 bridgehead atoms. The van der Waals surface area contributed by atoms with Crippen LogP contribution >= 0.6 is 0 Å². The summed E-state index contributed by atoms with van der Waals surface area (Å²) in [5.41, 5.74) is -3.01. The van der Waals surface area contributed by atoms with Crippen molar-refractivity contribution >= 4 is 17.3 Å². The number of fused-ring (bicyclic) bond motifs is 3. The number of carbonyl (C=O) groups is 2. The largest absolute Gasteiger partial charge is 0.507 e. The highest BCUT2D eigenvalue weighted by Gasteiger charge is 2.48. The number of aromatic hydroxyl groups is 2. The minimum atomic E-state index is -1.88. The molecule has 0 saturated carbocycles. The smallest absolute Gasteiger partial charge is 0.202 e. The van der Waals surface area contributed by atoms with Gasteiger partial charge in [-0.15, -0.1) is 0 Å². The Hall–Kier alpha value is -3.35. The first kappa shape index (κ1) is 29.6. The van der Waals surface area contributed by atoms with E-state index >= 15 is 0 Å². The summed E-state index contributed by atoms with van der Waals surface area (Å²) in [6.07, 6.45) is -3.68. The molecular formula is C29H35NO10. The highest BCUT2D eigenvalue weighted by molar-refractivity contribution is 6.31. The van der Waals surface area contributed by atoms with E-state index in [2.05, 4.69) is 4.99 Å². The number of phenolic OH excluding ortho intramolecular Hbond substituents is 2. The van der Waals surface area contributed by atoms with Gasteiger partial charge < -0.3 is 40.1 Å². The molecule has 5 atom stereocenters. The average molecular weight is 558 g/mol. The number of methoxy groups -OCH3 is 1. The molecule has 0 fully saturated rings. The second-order valence-electron chi connectivity index (χ2n) is 10.4. The van der Waals surface area contributed by atoms with E-state index in [1.165, 1.54) is 32.4 Å². The lowest BCUT2D eigenvalue weighted by molar-refractivity contribution is -0.165. The van der Waals surface area contributed by atoms with Crippen LogP contribution in [0.25, 0.3) is 0 Å². The lowest BCUT2D eigenvalue weighted by Gasteiger charge is -2.40. The van der Waals surface area contributed by atoms with Crippen molar-refractivity contribution in [3.63, 3.8) is 0 Å². The predicted molar refractivity (Wildman–Crippen MR) is 143 cm³/mol. The second-order valence-corrected chi connectivity index (χ2v) is 10.4. The number of ketones is 2. The van der Waals surface area contributed by atoms with Gasteiger partial charge in [0.1, 0.15) is 22.8 Å². The van der Waals surface area contributed by atoms with Crippen molar-refractivity contribution < 1.29 is 49.7 Å². The Morgan fingerprint density at radius 3 is 2.40 bits per heavy atom. The number of carbonyl (C=O) groups excluding carboxylic acids is 2.